The minimum Gasteiger partial charge on any atom is -0.495 e. The number of sulfonamides is 1. The Bertz CT molecular complexity index is 1030. The van der Waals surface area contributed by atoms with Crippen LogP contribution < -0.4 is 4.74 Å². The molecule has 2 aromatic rings. The fourth-order valence-corrected chi connectivity index (χ4v) is 6.00. The largest absolute Gasteiger partial charge is 0.495 e. The molecule has 0 aromatic heterocycles. The van der Waals surface area contributed by atoms with Crippen LogP contribution in [0.25, 0.3) is 0 Å². The minimum absolute atomic E-state index is 0.0340. The van der Waals surface area contributed by atoms with Gasteiger partial charge in [0.15, 0.2) is 0 Å². The lowest BCUT2D eigenvalue weighted by molar-refractivity contribution is 0.0689. The summed E-state index contributed by atoms with van der Waals surface area (Å²) in [6, 6.07) is 15.1. The molecule has 0 N–H and O–H groups in total. The van der Waals surface area contributed by atoms with Gasteiger partial charge in [-0.25, -0.2) is 8.42 Å². The Kier molecular flexibility index (Phi) is 7.13. The number of likely N-dealkylation sites (tertiary alicyclic amines) is 1. The summed E-state index contributed by atoms with van der Waals surface area (Å²) in [4.78, 5) is 15.0. The third kappa shape index (κ3) is 4.98. The highest BCUT2D eigenvalue weighted by Gasteiger charge is 2.31. The van der Waals surface area contributed by atoms with Gasteiger partial charge in [0, 0.05) is 31.7 Å². The molecular formula is C24H30N2O5S. The SMILES string of the molecule is COc1ccc(C(=O)N2CCC(Cc3ccccc3)CC2)cc1S(=O)(=O)N1CCOCC1. The monoisotopic (exact) mass is 458 g/mol. The van der Waals surface area contributed by atoms with Crippen molar-refractivity contribution in [3.8, 4) is 5.75 Å². The number of morpholine rings is 1. The van der Waals surface area contributed by atoms with Gasteiger partial charge in [-0.1, -0.05) is 30.3 Å². The molecule has 2 aliphatic heterocycles. The number of hydrogen-bond acceptors (Lipinski definition) is 5. The molecule has 0 saturated carbocycles. The quantitative estimate of drug-likeness (QED) is 0.665. The van der Waals surface area contributed by atoms with E-state index in [2.05, 4.69) is 24.3 Å². The molecule has 0 bridgehead atoms. The molecule has 172 valence electrons. The Morgan fingerprint density at radius 2 is 1.72 bits per heavy atom. The summed E-state index contributed by atoms with van der Waals surface area (Å²) in [6.45, 7) is 2.65. The van der Waals surface area contributed by atoms with E-state index < -0.39 is 10.0 Å². The van der Waals surface area contributed by atoms with Crippen LogP contribution in [-0.4, -0.2) is 70.0 Å². The average molecular weight is 459 g/mol. The fraction of sp³-hybridized carbons (Fsp3) is 0.458. The standard InChI is InChI=1S/C24H30N2O5S/c1-30-22-8-7-21(18-23(22)32(28,29)26-13-15-31-16-14-26)24(27)25-11-9-20(10-12-25)17-19-5-3-2-4-6-19/h2-8,18,20H,9-17H2,1H3. The number of methoxy groups -OCH3 is 1. The maximum Gasteiger partial charge on any atom is 0.253 e. The Morgan fingerprint density at radius 3 is 2.38 bits per heavy atom. The number of piperidine rings is 1. The number of nitrogens with zero attached hydrogens (tertiary/aromatic N) is 2. The first-order chi connectivity index (χ1) is 15.5. The van der Waals surface area contributed by atoms with Crippen molar-refractivity contribution in [1.82, 2.24) is 9.21 Å². The van der Waals surface area contributed by atoms with Gasteiger partial charge in [0.1, 0.15) is 10.6 Å². The van der Waals surface area contributed by atoms with Crippen LogP contribution in [0.5, 0.6) is 5.75 Å². The predicted octanol–water partition coefficient (Wildman–Crippen LogP) is 2.81. The van der Waals surface area contributed by atoms with Gasteiger partial charge < -0.3 is 14.4 Å². The maximum absolute atomic E-state index is 13.2. The van der Waals surface area contributed by atoms with Gasteiger partial charge >= 0.3 is 0 Å². The molecular weight excluding hydrogens is 428 g/mol. The van der Waals surface area contributed by atoms with E-state index in [0.717, 1.165) is 19.3 Å². The van der Waals surface area contributed by atoms with Gasteiger partial charge in [-0.15, -0.1) is 0 Å². The zero-order valence-corrected chi connectivity index (χ0v) is 19.2. The van der Waals surface area contributed by atoms with Crippen LogP contribution in [0, 0.1) is 5.92 Å². The summed E-state index contributed by atoms with van der Waals surface area (Å²) in [5.74, 6) is 0.661. The first-order valence-corrected chi connectivity index (χ1v) is 12.5. The summed E-state index contributed by atoms with van der Waals surface area (Å²) in [7, 11) is -2.34. The Balaban J connectivity index is 1.47. The van der Waals surface area contributed by atoms with E-state index in [1.54, 1.807) is 12.1 Å². The lowest BCUT2D eigenvalue weighted by Crippen LogP contribution is -2.41. The van der Waals surface area contributed by atoms with E-state index in [0.29, 0.717) is 50.9 Å². The number of carbonyl (C=O) groups excluding carboxylic acids is 1. The third-order valence-corrected chi connectivity index (χ3v) is 8.19. The van der Waals surface area contributed by atoms with Crippen LogP contribution in [0.15, 0.2) is 53.4 Å². The van der Waals surface area contributed by atoms with Crippen molar-refractivity contribution in [2.45, 2.75) is 24.2 Å². The molecule has 2 heterocycles. The molecule has 0 unspecified atom stereocenters. The van der Waals surface area contributed by atoms with Crippen LogP contribution in [-0.2, 0) is 21.2 Å². The second-order valence-corrected chi connectivity index (χ2v) is 10.2. The molecule has 2 fully saturated rings. The van der Waals surface area contributed by atoms with E-state index in [-0.39, 0.29) is 16.6 Å². The first kappa shape index (κ1) is 22.8. The Hall–Kier alpha value is -2.42. The van der Waals surface area contributed by atoms with Crippen LogP contribution in [0.4, 0.5) is 0 Å². The van der Waals surface area contributed by atoms with Gasteiger partial charge in [0.25, 0.3) is 5.91 Å². The lowest BCUT2D eigenvalue weighted by atomic mass is 9.90. The van der Waals surface area contributed by atoms with Crippen molar-refractivity contribution in [1.29, 1.82) is 0 Å². The molecule has 7 nitrogen and oxygen atoms in total. The number of ether oxygens (including phenoxy) is 2. The Labute approximate surface area is 190 Å². The minimum atomic E-state index is -3.78. The van der Waals surface area contributed by atoms with Crippen molar-refractivity contribution in [2.24, 2.45) is 5.92 Å². The highest BCUT2D eigenvalue weighted by molar-refractivity contribution is 7.89. The number of carbonyl (C=O) groups is 1. The normalized spacial score (nSPS) is 18.5. The van der Waals surface area contributed by atoms with Gasteiger partial charge in [-0.05, 0) is 48.9 Å². The van der Waals surface area contributed by atoms with Crippen molar-refractivity contribution in [3.05, 3.63) is 59.7 Å². The Morgan fingerprint density at radius 1 is 1.03 bits per heavy atom. The van der Waals surface area contributed by atoms with Gasteiger partial charge in [-0.2, -0.15) is 4.31 Å². The summed E-state index contributed by atoms with van der Waals surface area (Å²) in [5.41, 5.74) is 1.70. The lowest BCUT2D eigenvalue weighted by Gasteiger charge is -2.32. The van der Waals surface area contributed by atoms with Crippen molar-refractivity contribution in [3.63, 3.8) is 0 Å². The van der Waals surface area contributed by atoms with Crippen LogP contribution in [0.3, 0.4) is 0 Å². The number of hydrogen-bond donors (Lipinski definition) is 0. The maximum atomic E-state index is 13.2. The molecule has 32 heavy (non-hydrogen) atoms. The van der Waals surface area contributed by atoms with Gasteiger partial charge in [0.2, 0.25) is 10.0 Å². The number of amides is 1. The fourth-order valence-electron chi connectivity index (χ4n) is 4.41. The summed E-state index contributed by atoms with van der Waals surface area (Å²) >= 11 is 0. The molecule has 1 amide bonds. The zero-order chi connectivity index (χ0) is 22.6. The van der Waals surface area contributed by atoms with Crippen LogP contribution in [0.1, 0.15) is 28.8 Å². The average Bonchev–Trinajstić information content (AvgIpc) is 2.85. The van der Waals surface area contributed by atoms with E-state index in [1.807, 2.05) is 11.0 Å². The smallest absolute Gasteiger partial charge is 0.253 e. The summed E-state index contributed by atoms with van der Waals surface area (Å²) in [5, 5.41) is 0. The second-order valence-electron chi connectivity index (χ2n) is 8.31. The molecule has 0 spiro atoms. The summed E-state index contributed by atoms with van der Waals surface area (Å²) < 4.78 is 38.4. The zero-order valence-electron chi connectivity index (χ0n) is 18.4. The molecule has 8 heteroatoms. The van der Waals surface area contributed by atoms with Crippen molar-refractivity contribution >= 4 is 15.9 Å². The molecule has 2 aliphatic rings. The third-order valence-electron chi connectivity index (χ3n) is 6.27. The molecule has 2 aromatic carbocycles. The highest BCUT2D eigenvalue weighted by atomic mass is 32.2. The van der Waals surface area contributed by atoms with E-state index in [1.165, 1.54) is 23.0 Å². The molecule has 0 aliphatic carbocycles. The molecule has 0 radical (unpaired) electrons. The van der Waals surface area contributed by atoms with E-state index in [9.17, 15) is 13.2 Å². The highest BCUT2D eigenvalue weighted by Crippen LogP contribution is 2.30. The van der Waals surface area contributed by atoms with Crippen LogP contribution in [0.2, 0.25) is 0 Å². The topological polar surface area (TPSA) is 76.2 Å². The number of benzene rings is 2. The van der Waals surface area contributed by atoms with Crippen molar-refractivity contribution < 1.29 is 22.7 Å². The second kappa shape index (κ2) is 10.0. The summed E-state index contributed by atoms with van der Waals surface area (Å²) in [6.07, 6.45) is 2.90. The predicted molar refractivity (Wildman–Crippen MR) is 121 cm³/mol. The van der Waals surface area contributed by atoms with E-state index >= 15 is 0 Å². The van der Waals surface area contributed by atoms with Crippen LogP contribution >= 0.6 is 0 Å². The molecule has 0 atom stereocenters. The van der Waals surface area contributed by atoms with Gasteiger partial charge in [-0.3, -0.25) is 4.79 Å². The molecule has 4 rings (SSSR count). The van der Waals surface area contributed by atoms with Crippen molar-refractivity contribution in [2.75, 3.05) is 46.5 Å². The first-order valence-electron chi connectivity index (χ1n) is 11.1. The molecule has 2 saturated heterocycles. The van der Waals surface area contributed by atoms with E-state index in [4.69, 9.17) is 9.47 Å². The van der Waals surface area contributed by atoms with Gasteiger partial charge in [0.05, 0.1) is 20.3 Å². The number of rotatable bonds is 6.